The fourth-order valence-electron chi connectivity index (χ4n) is 2.74. The number of nitrogens with two attached hydrogens (primary N) is 1. The van der Waals surface area contributed by atoms with E-state index in [-0.39, 0.29) is 0 Å². The number of ether oxygens (including phenoxy) is 1. The first-order valence-electron chi connectivity index (χ1n) is 6.56. The molecule has 0 aliphatic heterocycles. The molecule has 1 saturated carbocycles. The highest BCUT2D eigenvalue weighted by Gasteiger charge is 2.28. The third kappa shape index (κ3) is 2.72. The van der Waals surface area contributed by atoms with E-state index in [2.05, 4.69) is 14.9 Å². The fraction of sp³-hybridized carbons (Fsp3) is 0.692. The van der Waals surface area contributed by atoms with Crippen molar-refractivity contribution in [3.05, 3.63) is 12.3 Å². The minimum absolute atomic E-state index is 0.441. The van der Waals surface area contributed by atoms with E-state index in [1.54, 1.807) is 19.4 Å². The topological polar surface area (TPSA) is 64.3 Å². The molecule has 5 nitrogen and oxygen atoms in total. The molecule has 2 atom stereocenters. The molecule has 1 fully saturated rings. The summed E-state index contributed by atoms with van der Waals surface area (Å²) in [6, 6.07) is 2.20. The van der Waals surface area contributed by atoms with Crippen molar-refractivity contribution < 1.29 is 4.74 Å². The summed E-state index contributed by atoms with van der Waals surface area (Å²) >= 11 is 0. The van der Waals surface area contributed by atoms with Crippen LogP contribution < -0.4 is 15.4 Å². The Bertz CT molecular complexity index is 385. The van der Waals surface area contributed by atoms with Gasteiger partial charge in [0.1, 0.15) is 0 Å². The number of hydrogen-bond donors (Lipinski definition) is 1. The molecule has 100 valence electrons. The number of anilines is 1. The molecule has 2 N–H and O–H groups in total. The Balaban J connectivity index is 2.15. The SMILES string of the molecule is COc1ccnc(N(C)C2CCCCC2CN)n1. The largest absolute Gasteiger partial charge is 0.481 e. The van der Waals surface area contributed by atoms with Crippen LogP contribution in [0.5, 0.6) is 5.88 Å². The van der Waals surface area contributed by atoms with E-state index < -0.39 is 0 Å². The molecule has 2 rings (SSSR count). The Morgan fingerprint density at radius 3 is 2.94 bits per heavy atom. The lowest BCUT2D eigenvalue weighted by atomic mass is 9.84. The van der Waals surface area contributed by atoms with Crippen LogP contribution in [0.4, 0.5) is 5.95 Å². The maximum Gasteiger partial charge on any atom is 0.228 e. The molecule has 1 aliphatic rings. The van der Waals surface area contributed by atoms with Crippen molar-refractivity contribution in [2.24, 2.45) is 11.7 Å². The Labute approximate surface area is 108 Å². The molecule has 1 heterocycles. The van der Waals surface area contributed by atoms with E-state index >= 15 is 0 Å². The average Bonchev–Trinajstić information content (AvgIpc) is 2.46. The van der Waals surface area contributed by atoms with Gasteiger partial charge in [0.15, 0.2) is 0 Å². The molecular formula is C13H22N4O. The minimum atomic E-state index is 0.441. The van der Waals surface area contributed by atoms with Crippen molar-refractivity contribution in [2.75, 3.05) is 25.6 Å². The summed E-state index contributed by atoms with van der Waals surface area (Å²) in [5, 5.41) is 0. The summed E-state index contributed by atoms with van der Waals surface area (Å²) in [6.45, 7) is 0.735. The van der Waals surface area contributed by atoms with Crippen LogP contribution in [0.3, 0.4) is 0 Å². The second kappa shape index (κ2) is 6.00. The molecule has 0 saturated heterocycles. The van der Waals surface area contributed by atoms with Crippen LogP contribution in [0.15, 0.2) is 12.3 Å². The highest BCUT2D eigenvalue weighted by atomic mass is 16.5. The first kappa shape index (κ1) is 13.1. The van der Waals surface area contributed by atoms with Crippen LogP contribution in [0.2, 0.25) is 0 Å². The van der Waals surface area contributed by atoms with E-state index in [0.29, 0.717) is 17.8 Å². The highest BCUT2D eigenvalue weighted by molar-refractivity contribution is 5.32. The van der Waals surface area contributed by atoms with Crippen molar-refractivity contribution >= 4 is 5.95 Å². The second-order valence-corrected chi connectivity index (χ2v) is 4.86. The van der Waals surface area contributed by atoms with E-state index in [1.165, 1.54) is 25.7 Å². The van der Waals surface area contributed by atoms with Gasteiger partial charge in [-0.3, -0.25) is 0 Å². The predicted molar refractivity (Wildman–Crippen MR) is 71.8 cm³/mol. The zero-order valence-electron chi connectivity index (χ0n) is 11.2. The van der Waals surface area contributed by atoms with Crippen molar-refractivity contribution in [3.8, 4) is 5.88 Å². The van der Waals surface area contributed by atoms with Crippen LogP contribution in [0.25, 0.3) is 0 Å². The zero-order valence-corrected chi connectivity index (χ0v) is 11.2. The van der Waals surface area contributed by atoms with Crippen LogP contribution in [0, 0.1) is 5.92 Å². The Morgan fingerprint density at radius 1 is 1.44 bits per heavy atom. The molecule has 1 aromatic rings. The lowest BCUT2D eigenvalue weighted by molar-refractivity contribution is 0.303. The maximum atomic E-state index is 5.87. The number of hydrogen-bond acceptors (Lipinski definition) is 5. The standard InChI is InChI=1S/C13H22N4O/c1-17(11-6-4-3-5-10(11)9-14)13-15-8-7-12(16-13)18-2/h7-8,10-11H,3-6,9,14H2,1-2H3. The monoisotopic (exact) mass is 250 g/mol. The van der Waals surface area contributed by atoms with Gasteiger partial charge in [0.05, 0.1) is 7.11 Å². The van der Waals surface area contributed by atoms with Crippen molar-refractivity contribution in [3.63, 3.8) is 0 Å². The molecule has 2 unspecified atom stereocenters. The van der Waals surface area contributed by atoms with Crippen molar-refractivity contribution in [1.29, 1.82) is 0 Å². The van der Waals surface area contributed by atoms with Gasteiger partial charge in [0, 0.05) is 25.4 Å². The van der Waals surface area contributed by atoms with Crippen LogP contribution in [0.1, 0.15) is 25.7 Å². The molecule has 0 spiro atoms. The number of nitrogens with zero attached hydrogens (tertiary/aromatic N) is 3. The maximum absolute atomic E-state index is 5.87. The van der Waals surface area contributed by atoms with Crippen LogP contribution in [-0.4, -0.2) is 36.7 Å². The number of methoxy groups -OCH3 is 1. The lowest BCUT2D eigenvalue weighted by Crippen LogP contribution is -2.43. The minimum Gasteiger partial charge on any atom is -0.481 e. The molecule has 18 heavy (non-hydrogen) atoms. The normalized spacial score (nSPS) is 23.7. The molecule has 1 aliphatic carbocycles. The molecular weight excluding hydrogens is 228 g/mol. The first-order chi connectivity index (χ1) is 8.76. The second-order valence-electron chi connectivity index (χ2n) is 4.86. The first-order valence-corrected chi connectivity index (χ1v) is 6.56. The van der Waals surface area contributed by atoms with Gasteiger partial charge in [-0.05, 0) is 25.3 Å². The third-order valence-corrected chi connectivity index (χ3v) is 3.81. The molecule has 1 aromatic heterocycles. The molecule has 0 radical (unpaired) electrons. The van der Waals surface area contributed by atoms with Gasteiger partial charge < -0.3 is 15.4 Å². The third-order valence-electron chi connectivity index (χ3n) is 3.81. The van der Waals surface area contributed by atoms with Gasteiger partial charge in [-0.2, -0.15) is 4.98 Å². The zero-order chi connectivity index (χ0) is 13.0. The molecule has 0 bridgehead atoms. The van der Waals surface area contributed by atoms with Gasteiger partial charge in [-0.15, -0.1) is 0 Å². The summed E-state index contributed by atoms with van der Waals surface area (Å²) in [6.07, 6.45) is 6.65. The molecule has 0 amide bonds. The lowest BCUT2D eigenvalue weighted by Gasteiger charge is -2.37. The quantitative estimate of drug-likeness (QED) is 0.876. The Hall–Kier alpha value is -1.36. The fourth-order valence-corrected chi connectivity index (χ4v) is 2.74. The summed E-state index contributed by atoms with van der Waals surface area (Å²) in [4.78, 5) is 10.9. The predicted octanol–water partition coefficient (Wildman–Crippen LogP) is 1.44. The molecule has 0 aromatic carbocycles. The summed E-state index contributed by atoms with van der Waals surface area (Å²) < 4.78 is 5.14. The van der Waals surface area contributed by atoms with Crippen molar-refractivity contribution in [1.82, 2.24) is 9.97 Å². The Morgan fingerprint density at radius 2 is 2.22 bits per heavy atom. The van der Waals surface area contributed by atoms with Crippen molar-refractivity contribution in [2.45, 2.75) is 31.7 Å². The summed E-state index contributed by atoms with van der Waals surface area (Å²) in [5.41, 5.74) is 5.87. The van der Waals surface area contributed by atoms with Gasteiger partial charge in [-0.25, -0.2) is 4.98 Å². The van der Waals surface area contributed by atoms with E-state index in [1.807, 2.05) is 7.05 Å². The Kier molecular flexibility index (Phi) is 4.36. The van der Waals surface area contributed by atoms with E-state index in [4.69, 9.17) is 10.5 Å². The van der Waals surface area contributed by atoms with E-state index in [9.17, 15) is 0 Å². The highest BCUT2D eigenvalue weighted by Crippen LogP contribution is 2.29. The molecule has 5 heteroatoms. The van der Waals surface area contributed by atoms with Gasteiger partial charge in [0.25, 0.3) is 0 Å². The smallest absolute Gasteiger partial charge is 0.228 e. The number of rotatable bonds is 4. The van der Waals surface area contributed by atoms with Gasteiger partial charge >= 0.3 is 0 Å². The van der Waals surface area contributed by atoms with Gasteiger partial charge in [-0.1, -0.05) is 12.8 Å². The summed E-state index contributed by atoms with van der Waals surface area (Å²) in [7, 11) is 3.67. The average molecular weight is 250 g/mol. The van der Waals surface area contributed by atoms with Gasteiger partial charge in [0.2, 0.25) is 11.8 Å². The van der Waals surface area contributed by atoms with E-state index in [0.717, 1.165) is 12.5 Å². The number of aromatic nitrogens is 2. The van der Waals surface area contributed by atoms with Crippen LogP contribution in [-0.2, 0) is 0 Å². The van der Waals surface area contributed by atoms with Crippen LogP contribution >= 0.6 is 0 Å². The summed E-state index contributed by atoms with van der Waals surface area (Å²) in [5.74, 6) is 1.87.